The molecule has 7 rings (SSSR count). The van der Waals surface area contributed by atoms with E-state index in [0.29, 0.717) is 30.8 Å². The van der Waals surface area contributed by atoms with E-state index < -0.39 is 34.9 Å². The average molecular weight is 699 g/mol. The molecular weight excluding hydrogens is 669 g/mol. The Morgan fingerprint density at radius 2 is 1.90 bits per heavy atom. The Morgan fingerprint density at radius 3 is 2.59 bits per heavy atom. The molecule has 4 heterocycles. The van der Waals surface area contributed by atoms with Crippen molar-refractivity contribution in [3.8, 4) is 29.0 Å². The first kappa shape index (κ1) is 33.5. The van der Waals surface area contributed by atoms with Gasteiger partial charge in [-0.05, 0) is 55.2 Å². The van der Waals surface area contributed by atoms with Crippen LogP contribution in [0.2, 0.25) is 0 Å². The number of hydrogen-bond acceptors (Lipinski definition) is 9. The zero-order valence-electron chi connectivity index (χ0n) is 27.1. The van der Waals surface area contributed by atoms with Crippen LogP contribution in [0.1, 0.15) is 57.1 Å². The minimum absolute atomic E-state index is 0.0507. The van der Waals surface area contributed by atoms with Crippen molar-refractivity contribution in [2.24, 2.45) is 0 Å². The second-order valence-corrected chi connectivity index (χ2v) is 12.3. The summed E-state index contributed by atoms with van der Waals surface area (Å²) in [5.74, 6) is -3.55. The smallest absolute Gasteiger partial charge is 0.335 e. The van der Waals surface area contributed by atoms with Crippen LogP contribution in [0.4, 0.5) is 13.2 Å². The molecule has 0 spiro atoms. The van der Waals surface area contributed by atoms with Gasteiger partial charge in [-0.25, -0.2) is 27.9 Å². The Kier molecular flexibility index (Phi) is 8.78. The summed E-state index contributed by atoms with van der Waals surface area (Å²) >= 11 is 0. The molecule has 1 amide bonds. The Balaban J connectivity index is 1.10. The molecule has 2 fully saturated rings. The van der Waals surface area contributed by atoms with Crippen molar-refractivity contribution < 1.29 is 42.1 Å². The van der Waals surface area contributed by atoms with Gasteiger partial charge in [0.05, 0.1) is 42.6 Å². The van der Waals surface area contributed by atoms with Crippen molar-refractivity contribution in [3.63, 3.8) is 0 Å². The summed E-state index contributed by atoms with van der Waals surface area (Å²) in [7, 11) is 1.42. The van der Waals surface area contributed by atoms with Gasteiger partial charge in [0.15, 0.2) is 5.82 Å². The minimum Gasteiger partial charge on any atom is -0.496 e. The van der Waals surface area contributed by atoms with Gasteiger partial charge >= 0.3 is 5.97 Å². The van der Waals surface area contributed by atoms with E-state index in [1.165, 1.54) is 37.6 Å². The first-order valence-electron chi connectivity index (χ1n) is 15.9. The van der Waals surface area contributed by atoms with Crippen molar-refractivity contribution in [2.45, 2.75) is 50.5 Å². The SMILES string of the molecule is COc1cc(C(=O)NC2(C#N)CC2)ncc1COc1cccc(-c2cc(F)c(Cc3nc4c(F)cc(C(=O)O)cc4n3C[C@@H]3CCO3)cc2F)n1. The molecule has 1 saturated carbocycles. The summed E-state index contributed by atoms with van der Waals surface area (Å²) in [5, 5.41) is 21.4. The first-order chi connectivity index (χ1) is 24.6. The number of carboxylic acids is 1. The van der Waals surface area contributed by atoms with Gasteiger partial charge in [0, 0.05) is 42.5 Å². The number of rotatable bonds is 12. The number of nitriles is 1. The van der Waals surface area contributed by atoms with Gasteiger partial charge in [0.2, 0.25) is 5.88 Å². The second kappa shape index (κ2) is 13.4. The number of carboxylic acid groups (broad SMARTS) is 1. The van der Waals surface area contributed by atoms with Crippen molar-refractivity contribution in [3.05, 3.63) is 100 Å². The standard InChI is InChI=1S/C36H29F3N6O6/c1-49-30-14-28(34(46)44-36(18-40)6-7-36)41-15-21(30)17-51-32-4-2-3-27(42-32)23-13-24(37)19(9-25(23)38)12-31-43-33-26(39)10-20(35(47)48)11-29(33)45(31)16-22-5-8-50-22/h2-4,9-11,13-15,22H,5-8,12,16-17H2,1H3,(H,44,46)(H,47,48)/t22-/m0/s1. The number of carbonyl (C=O) groups excluding carboxylic acids is 1. The van der Waals surface area contributed by atoms with Gasteiger partial charge in [-0.2, -0.15) is 5.26 Å². The fourth-order valence-corrected chi connectivity index (χ4v) is 5.77. The number of halogens is 3. The molecule has 3 aromatic heterocycles. The van der Waals surface area contributed by atoms with E-state index in [2.05, 4.69) is 26.3 Å². The van der Waals surface area contributed by atoms with Crippen LogP contribution in [0.3, 0.4) is 0 Å². The summed E-state index contributed by atoms with van der Waals surface area (Å²) in [6.45, 7) is 0.707. The van der Waals surface area contributed by atoms with Crippen LogP contribution >= 0.6 is 0 Å². The highest BCUT2D eigenvalue weighted by Crippen LogP contribution is 2.35. The number of fused-ring (bicyclic) bond motifs is 1. The number of hydrogen-bond donors (Lipinski definition) is 2. The van der Waals surface area contributed by atoms with E-state index in [0.717, 1.165) is 24.6 Å². The molecule has 2 N–H and O–H groups in total. The van der Waals surface area contributed by atoms with Crippen LogP contribution < -0.4 is 14.8 Å². The van der Waals surface area contributed by atoms with Gasteiger partial charge in [0.25, 0.3) is 5.91 Å². The molecule has 15 heteroatoms. The normalized spacial score (nSPS) is 15.9. The van der Waals surface area contributed by atoms with E-state index in [1.54, 1.807) is 10.6 Å². The Morgan fingerprint density at radius 1 is 1.10 bits per heavy atom. The Labute approximate surface area is 288 Å². The van der Waals surface area contributed by atoms with E-state index in [1.807, 2.05) is 0 Å². The summed E-state index contributed by atoms with van der Waals surface area (Å²) < 4.78 is 64.5. The highest BCUT2D eigenvalue weighted by Gasteiger charge is 2.45. The predicted molar refractivity (Wildman–Crippen MR) is 174 cm³/mol. The number of aromatic carboxylic acids is 1. The van der Waals surface area contributed by atoms with Gasteiger partial charge in [-0.3, -0.25) is 9.78 Å². The minimum atomic E-state index is -1.31. The lowest BCUT2D eigenvalue weighted by molar-refractivity contribution is -0.0589. The molecule has 2 aliphatic rings. The number of amides is 1. The zero-order valence-corrected chi connectivity index (χ0v) is 27.1. The van der Waals surface area contributed by atoms with Crippen molar-refractivity contribution in [1.82, 2.24) is 24.8 Å². The molecule has 12 nitrogen and oxygen atoms in total. The average Bonchev–Trinajstić information content (AvgIpc) is 3.79. The predicted octanol–water partition coefficient (Wildman–Crippen LogP) is 5.36. The van der Waals surface area contributed by atoms with E-state index in [-0.39, 0.29) is 76.5 Å². The lowest BCUT2D eigenvalue weighted by Crippen LogP contribution is -2.36. The number of nitrogens with zero attached hydrogens (tertiary/aromatic N) is 5. The number of imidazole rings is 1. The fourth-order valence-electron chi connectivity index (χ4n) is 5.77. The summed E-state index contributed by atoms with van der Waals surface area (Å²) in [4.78, 5) is 37.1. The molecule has 1 saturated heterocycles. The maximum absolute atomic E-state index is 15.6. The third-order valence-corrected chi connectivity index (χ3v) is 8.89. The van der Waals surface area contributed by atoms with E-state index in [4.69, 9.17) is 14.2 Å². The maximum Gasteiger partial charge on any atom is 0.335 e. The highest BCUT2D eigenvalue weighted by molar-refractivity contribution is 5.94. The lowest BCUT2D eigenvalue weighted by Gasteiger charge is -2.27. The Bertz CT molecular complexity index is 2250. The van der Waals surface area contributed by atoms with E-state index >= 15 is 8.78 Å². The van der Waals surface area contributed by atoms with Crippen molar-refractivity contribution >= 4 is 22.9 Å². The number of benzene rings is 2. The number of ether oxygens (including phenoxy) is 3. The van der Waals surface area contributed by atoms with Crippen LogP contribution in [0.5, 0.6) is 11.6 Å². The van der Waals surface area contributed by atoms with Crippen LogP contribution in [0.25, 0.3) is 22.3 Å². The molecule has 0 bridgehead atoms. The first-order valence-corrected chi connectivity index (χ1v) is 15.9. The third kappa shape index (κ3) is 6.78. The number of nitrogens with one attached hydrogen (secondary N) is 1. The molecule has 51 heavy (non-hydrogen) atoms. The summed E-state index contributed by atoms with van der Waals surface area (Å²) in [6.07, 6.45) is 2.87. The topological polar surface area (TPSA) is 161 Å². The number of carbonyl (C=O) groups is 2. The van der Waals surface area contributed by atoms with Crippen LogP contribution in [0, 0.1) is 28.8 Å². The summed E-state index contributed by atoms with van der Waals surface area (Å²) in [5.41, 5.74) is -0.511. The van der Waals surface area contributed by atoms with Gasteiger partial charge in [-0.15, -0.1) is 0 Å². The zero-order chi connectivity index (χ0) is 35.9. The third-order valence-electron chi connectivity index (χ3n) is 8.89. The van der Waals surface area contributed by atoms with Gasteiger partial charge in [-0.1, -0.05) is 6.07 Å². The van der Waals surface area contributed by atoms with E-state index in [9.17, 15) is 24.3 Å². The molecule has 260 valence electrons. The monoisotopic (exact) mass is 698 g/mol. The maximum atomic E-state index is 15.6. The van der Waals surface area contributed by atoms with Crippen LogP contribution in [0.15, 0.2) is 54.7 Å². The quantitative estimate of drug-likeness (QED) is 0.174. The molecule has 1 aliphatic heterocycles. The molecule has 5 aromatic rings. The molecule has 0 unspecified atom stereocenters. The van der Waals surface area contributed by atoms with Crippen LogP contribution in [-0.4, -0.2) is 61.9 Å². The Hall–Kier alpha value is -6.01. The summed E-state index contributed by atoms with van der Waals surface area (Å²) in [6, 6.07) is 12.3. The molecule has 2 aromatic carbocycles. The lowest BCUT2D eigenvalue weighted by atomic mass is 10.0. The number of aromatic nitrogens is 4. The highest BCUT2D eigenvalue weighted by atomic mass is 19.1. The molecular formula is C36H29F3N6O6. The number of methoxy groups -OCH3 is 1. The second-order valence-electron chi connectivity index (χ2n) is 12.3. The number of pyridine rings is 2. The van der Waals surface area contributed by atoms with Crippen molar-refractivity contribution in [2.75, 3.05) is 13.7 Å². The van der Waals surface area contributed by atoms with Gasteiger partial charge in [0.1, 0.15) is 46.6 Å². The molecule has 1 aliphatic carbocycles. The van der Waals surface area contributed by atoms with Crippen LogP contribution in [-0.2, 0) is 24.3 Å². The molecule has 0 radical (unpaired) electrons. The largest absolute Gasteiger partial charge is 0.496 e. The van der Waals surface area contributed by atoms with Gasteiger partial charge < -0.3 is 29.2 Å². The molecule has 1 atom stereocenters. The fraction of sp³-hybridized carbons (Fsp3) is 0.278. The van der Waals surface area contributed by atoms with Crippen molar-refractivity contribution in [1.29, 1.82) is 5.26 Å².